The van der Waals surface area contributed by atoms with E-state index in [2.05, 4.69) is 61.2 Å². The van der Waals surface area contributed by atoms with Gasteiger partial charge in [-0.1, -0.05) is 30.3 Å². The number of esters is 1. The molecule has 9 heteroatoms. The van der Waals surface area contributed by atoms with E-state index in [1.807, 2.05) is 32.2 Å². The van der Waals surface area contributed by atoms with Crippen LogP contribution in [0.1, 0.15) is 94.4 Å². The van der Waals surface area contributed by atoms with Crippen LogP contribution < -0.4 is 9.64 Å². The smallest absolute Gasteiger partial charge is 0.339 e. The van der Waals surface area contributed by atoms with E-state index in [-0.39, 0.29) is 11.7 Å². The molecule has 0 N–H and O–H groups in total. The van der Waals surface area contributed by atoms with E-state index in [1.54, 1.807) is 0 Å². The van der Waals surface area contributed by atoms with Crippen molar-refractivity contribution in [2.75, 3.05) is 31.7 Å². The highest BCUT2D eigenvalue weighted by Gasteiger charge is 2.39. The van der Waals surface area contributed by atoms with E-state index in [0.717, 1.165) is 79.1 Å². The third-order valence-electron chi connectivity index (χ3n) is 9.79. The van der Waals surface area contributed by atoms with Crippen molar-refractivity contribution >= 4 is 17.4 Å². The van der Waals surface area contributed by atoms with Crippen LogP contribution in [0.4, 0.5) is 5.82 Å². The van der Waals surface area contributed by atoms with E-state index >= 15 is 0 Å². The molecule has 0 amide bonds. The number of carbonyl (C=O) groups is 1. The van der Waals surface area contributed by atoms with Crippen LogP contribution >= 0.6 is 0 Å². The number of nitrogens with zero attached hydrogens (tertiary/aromatic N) is 4. The van der Waals surface area contributed by atoms with E-state index in [0.29, 0.717) is 23.5 Å². The Hall–Kier alpha value is -3.95. The largest absolute Gasteiger partial charge is 0.485 e. The third-order valence-corrected chi connectivity index (χ3v) is 9.79. The Balaban J connectivity index is 1.47. The van der Waals surface area contributed by atoms with E-state index in [1.165, 1.54) is 18.2 Å². The first-order chi connectivity index (χ1) is 22.4. The van der Waals surface area contributed by atoms with Gasteiger partial charge in [-0.15, -0.1) is 0 Å². The van der Waals surface area contributed by atoms with Gasteiger partial charge >= 0.3 is 5.97 Å². The quantitative estimate of drug-likeness (QED) is 0.211. The predicted molar refractivity (Wildman–Crippen MR) is 182 cm³/mol. The van der Waals surface area contributed by atoms with Gasteiger partial charge in [0.15, 0.2) is 11.8 Å². The molecule has 4 aliphatic rings. The van der Waals surface area contributed by atoms with Crippen LogP contribution in [0.5, 0.6) is 5.75 Å². The van der Waals surface area contributed by atoms with Gasteiger partial charge in [0.25, 0.3) is 0 Å². The topological polar surface area (TPSA) is 87.4 Å². The molecule has 0 spiro atoms. The zero-order chi connectivity index (χ0) is 33.1. The molecule has 0 saturated carbocycles. The fourth-order valence-electron chi connectivity index (χ4n) is 7.36. The molecule has 1 saturated heterocycles. The lowest BCUT2D eigenvalue weighted by Gasteiger charge is -2.41. The average molecular weight is 639 g/mol. The standard InChI is InChI=1S/C38H46N4O5/c1-23-14-15-25-26-11-10-12-27-28-22-31-39-24(2)32(34(36(43)44-7)47-37(3,4)5)35(42(31)40-28)41-18-16-38(6,17-19-41)45-20-9-8-13-29(33(26)27)46-30(25)21-23/h10-12,14-15,21-22,29,34H,8-9,13,16-20H2,1-7H3/t29-,34+/m1/s1. The molecule has 6 heterocycles. The molecule has 0 aliphatic carbocycles. The molecule has 2 atom stereocenters. The minimum atomic E-state index is -0.975. The molecule has 9 nitrogen and oxygen atoms in total. The van der Waals surface area contributed by atoms with Crippen molar-refractivity contribution in [1.29, 1.82) is 0 Å². The molecule has 0 radical (unpaired) electrons. The zero-order valence-corrected chi connectivity index (χ0v) is 28.7. The van der Waals surface area contributed by atoms with E-state index in [9.17, 15) is 4.79 Å². The van der Waals surface area contributed by atoms with Gasteiger partial charge in [-0.3, -0.25) is 0 Å². The second-order valence-corrected chi connectivity index (χ2v) is 14.5. The van der Waals surface area contributed by atoms with Crippen molar-refractivity contribution in [1.82, 2.24) is 14.6 Å². The monoisotopic (exact) mass is 638 g/mol. The summed E-state index contributed by atoms with van der Waals surface area (Å²) in [6.07, 6.45) is 3.42. The summed E-state index contributed by atoms with van der Waals surface area (Å²) < 4.78 is 27.0. The Labute approximate surface area is 277 Å². The number of fused-ring (bicyclic) bond motifs is 8. The fourth-order valence-corrected chi connectivity index (χ4v) is 7.36. The molecule has 47 heavy (non-hydrogen) atoms. The van der Waals surface area contributed by atoms with Gasteiger partial charge in [-0.25, -0.2) is 9.78 Å². The summed E-state index contributed by atoms with van der Waals surface area (Å²) in [5.41, 5.74) is 7.71. The molecule has 1 fully saturated rings. The first kappa shape index (κ1) is 31.6. The van der Waals surface area contributed by atoms with Crippen LogP contribution in [-0.2, 0) is 19.0 Å². The molecule has 4 aromatic rings. The van der Waals surface area contributed by atoms with Crippen molar-refractivity contribution < 1.29 is 23.7 Å². The van der Waals surface area contributed by atoms with E-state index < -0.39 is 17.7 Å². The maximum Gasteiger partial charge on any atom is 0.339 e. The number of hydrogen-bond acceptors (Lipinski definition) is 8. The third kappa shape index (κ3) is 5.89. The van der Waals surface area contributed by atoms with Gasteiger partial charge < -0.3 is 23.8 Å². The van der Waals surface area contributed by atoms with Gasteiger partial charge in [-0.05, 0) is 90.8 Å². The summed E-state index contributed by atoms with van der Waals surface area (Å²) in [5, 5.41) is 5.29. The summed E-state index contributed by atoms with van der Waals surface area (Å²) in [6.45, 7) is 14.3. The van der Waals surface area contributed by atoms with Crippen LogP contribution in [0.15, 0.2) is 42.5 Å². The molecule has 2 aromatic carbocycles. The van der Waals surface area contributed by atoms with Gasteiger partial charge in [0.2, 0.25) is 0 Å². The van der Waals surface area contributed by atoms with Gasteiger partial charge in [0, 0.05) is 48.1 Å². The lowest BCUT2D eigenvalue weighted by Crippen LogP contribution is -2.46. The van der Waals surface area contributed by atoms with Crippen molar-refractivity contribution in [2.24, 2.45) is 0 Å². The lowest BCUT2D eigenvalue weighted by molar-refractivity contribution is -0.164. The Morgan fingerprint density at radius 3 is 2.55 bits per heavy atom. The molecule has 2 aromatic heterocycles. The normalized spacial score (nSPS) is 21.7. The molecular formula is C38H46N4O5. The second kappa shape index (κ2) is 11.9. The Morgan fingerprint density at radius 1 is 1.04 bits per heavy atom. The highest BCUT2D eigenvalue weighted by molar-refractivity contribution is 5.84. The Kier molecular flexibility index (Phi) is 8.03. The lowest BCUT2D eigenvalue weighted by atomic mass is 9.86. The van der Waals surface area contributed by atoms with Gasteiger partial charge in [0.05, 0.1) is 29.6 Å². The number of benzene rings is 2. The SMILES string of the molecule is COC(=O)[C@@H](OC(C)(C)C)c1c(C)nc2cc3nn2c1N1CCC(C)(CC1)OCCCC[C@H]1Oc2cc(C)ccc2-c2cccc-3c21. The molecule has 8 rings (SSSR count). The van der Waals surface area contributed by atoms with Crippen LogP contribution in [0.3, 0.4) is 0 Å². The number of ether oxygens (including phenoxy) is 4. The maximum atomic E-state index is 13.4. The van der Waals surface area contributed by atoms with Gasteiger partial charge in [0.1, 0.15) is 17.7 Å². The molecular weight excluding hydrogens is 592 g/mol. The van der Waals surface area contributed by atoms with Crippen molar-refractivity contribution in [2.45, 2.75) is 97.1 Å². The molecule has 248 valence electrons. The number of anilines is 1. The molecule has 4 bridgehead atoms. The second-order valence-electron chi connectivity index (χ2n) is 14.5. The fraction of sp³-hybridized carbons (Fsp3) is 0.500. The minimum Gasteiger partial charge on any atom is -0.485 e. The van der Waals surface area contributed by atoms with Crippen molar-refractivity contribution in [3.8, 4) is 28.1 Å². The molecule has 4 aliphatic heterocycles. The zero-order valence-electron chi connectivity index (χ0n) is 28.7. The van der Waals surface area contributed by atoms with Gasteiger partial charge in [-0.2, -0.15) is 9.61 Å². The number of aryl methyl sites for hydroxylation is 2. The average Bonchev–Trinajstić information content (AvgIpc) is 3.45. The first-order valence-electron chi connectivity index (χ1n) is 16.9. The molecule has 0 unspecified atom stereocenters. The summed E-state index contributed by atoms with van der Waals surface area (Å²) >= 11 is 0. The van der Waals surface area contributed by atoms with Crippen LogP contribution in [0.25, 0.3) is 28.0 Å². The summed E-state index contributed by atoms with van der Waals surface area (Å²) in [7, 11) is 1.40. The van der Waals surface area contributed by atoms with Crippen molar-refractivity contribution in [3.05, 3.63) is 64.8 Å². The number of hydrogen-bond donors (Lipinski definition) is 0. The predicted octanol–water partition coefficient (Wildman–Crippen LogP) is 7.70. The minimum absolute atomic E-state index is 0.127. The summed E-state index contributed by atoms with van der Waals surface area (Å²) in [6, 6.07) is 14.9. The van der Waals surface area contributed by atoms with Crippen molar-refractivity contribution in [3.63, 3.8) is 0 Å². The van der Waals surface area contributed by atoms with Crippen LogP contribution in [-0.4, -0.2) is 58.6 Å². The Morgan fingerprint density at radius 2 is 1.81 bits per heavy atom. The summed E-state index contributed by atoms with van der Waals surface area (Å²) in [4.78, 5) is 20.8. The van der Waals surface area contributed by atoms with Crippen LogP contribution in [0, 0.1) is 13.8 Å². The number of rotatable bonds is 3. The highest BCUT2D eigenvalue weighted by atomic mass is 16.6. The number of piperidine rings is 1. The number of aromatic nitrogens is 3. The summed E-state index contributed by atoms with van der Waals surface area (Å²) in [5.74, 6) is 1.27. The highest BCUT2D eigenvalue weighted by Crippen LogP contribution is 2.48. The number of methoxy groups -OCH3 is 1. The Bertz CT molecular complexity index is 1830. The number of carbonyl (C=O) groups excluding carboxylic acids is 1. The maximum absolute atomic E-state index is 13.4. The van der Waals surface area contributed by atoms with E-state index in [4.69, 9.17) is 29.0 Å². The van der Waals surface area contributed by atoms with Crippen LogP contribution in [0.2, 0.25) is 0 Å². The first-order valence-corrected chi connectivity index (χ1v) is 16.9.